The van der Waals surface area contributed by atoms with Crippen LogP contribution in [0.25, 0.3) is 0 Å². The van der Waals surface area contributed by atoms with Crippen LogP contribution in [0.15, 0.2) is 24.4 Å². The van der Waals surface area contributed by atoms with Crippen molar-refractivity contribution in [3.8, 4) is 6.07 Å². The maximum atomic E-state index is 8.82. The Morgan fingerprint density at radius 1 is 1.00 bits per heavy atom. The predicted molar refractivity (Wildman–Crippen MR) is 84.9 cm³/mol. The molecule has 0 amide bonds. The molecule has 0 atom stereocenters. The van der Waals surface area contributed by atoms with E-state index in [9.17, 15) is 0 Å². The molecule has 22 heavy (non-hydrogen) atoms. The van der Waals surface area contributed by atoms with Gasteiger partial charge in [0.05, 0.1) is 5.56 Å². The van der Waals surface area contributed by atoms with E-state index in [0.717, 1.165) is 49.3 Å². The SMILES string of the molecule is Cc1cc(C)nc(N2CCN(c3ccc(C#N)cn3)CC2)n1. The summed E-state index contributed by atoms with van der Waals surface area (Å²) in [6, 6.07) is 7.79. The molecule has 3 rings (SSSR count). The van der Waals surface area contributed by atoms with E-state index >= 15 is 0 Å². The Labute approximate surface area is 130 Å². The van der Waals surface area contributed by atoms with Gasteiger partial charge in [0.2, 0.25) is 5.95 Å². The lowest BCUT2D eigenvalue weighted by Gasteiger charge is -2.35. The van der Waals surface area contributed by atoms with E-state index in [1.807, 2.05) is 32.0 Å². The van der Waals surface area contributed by atoms with E-state index in [1.165, 1.54) is 0 Å². The van der Waals surface area contributed by atoms with Gasteiger partial charge in [0.15, 0.2) is 0 Å². The second kappa shape index (κ2) is 5.98. The third-order valence-electron chi connectivity index (χ3n) is 3.73. The number of anilines is 2. The normalized spacial score (nSPS) is 14.8. The summed E-state index contributed by atoms with van der Waals surface area (Å²) in [4.78, 5) is 17.8. The second-order valence-corrected chi connectivity index (χ2v) is 5.44. The maximum absolute atomic E-state index is 8.82. The number of rotatable bonds is 2. The van der Waals surface area contributed by atoms with Gasteiger partial charge in [-0.3, -0.25) is 0 Å². The van der Waals surface area contributed by atoms with Gasteiger partial charge in [0.1, 0.15) is 11.9 Å². The van der Waals surface area contributed by atoms with Gasteiger partial charge in [-0.15, -0.1) is 0 Å². The predicted octanol–water partition coefficient (Wildman–Crippen LogP) is 1.69. The van der Waals surface area contributed by atoms with Gasteiger partial charge in [-0.25, -0.2) is 15.0 Å². The van der Waals surface area contributed by atoms with Crippen LogP contribution in [0.4, 0.5) is 11.8 Å². The molecule has 0 unspecified atom stereocenters. The zero-order chi connectivity index (χ0) is 15.5. The average Bonchev–Trinajstić information content (AvgIpc) is 2.54. The van der Waals surface area contributed by atoms with Crippen molar-refractivity contribution in [2.75, 3.05) is 36.0 Å². The van der Waals surface area contributed by atoms with E-state index in [1.54, 1.807) is 6.20 Å². The van der Waals surface area contributed by atoms with E-state index < -0.39 is 0 Å². The zero-order valence-electron chi connectivity index (χ0n) is 12.8. The molecule has 0 aromatic carbocycles. The molecule has 0 N–H and O–H groups in total. The van der Waals surface area contributed by atoms with Gasteiger partial charge in [-0.1, -0.05) is 0 Å². The van der Waals surface area contributed by atoms with Crippen molar-refractivity contribution in [3.05, 3.63) is 41.3 Å². The molecule has 2 aromatic rings. The van der Waals surface area contributed by atoms with Gasteiger partial charge >= 0.3 is 0 Å². The Morgan fingerprint density at radius 2 is 1.64 bits per heavy atom. The Balaban J connectivity index is 1.68. The van der Waals surface area contributed by atoms with Gasteiger partial charge in [-0.2, -0.15) is 5.26 Å². The molecule has 0 radical (unpaired) electrons. The van der Waals surface area contributed by atoms with Crippen LogP contribution in [-0.4, -0.2) is 41.1 Å². The van der Waals surface area contributed by atoms with Crippen LogP contribution in [0, 0.1) is 25.2 Å². The molecule has 1 saturated heterocycles. The molecular weight excluding hydrogens is 276 g/mol. The summed E-state index contributed by atoms with van der Waals surface area (Å²) >= 11 is 0. The molecule has 0 spiro atoms. The number of hydrogen-bond donors (Lipinski definition) is 0. The second-order valence-electron chi connectivity index (χ2n) is 5.44. The van der Waals surface area contributed by atoms with Crippen LogP contribution >= 0.6 is 0 Å². The fourth-order valence-electron chi connectivity index (χ4n) is 2.62. The molecule has 1 aliphatic heterocycles. The Morgan fingerprint density at radius 3 is 2.18 bits per heavy atom. The first kappa shape index (κ1) is 14.3. The molecule has 6 nitrogen and oxygen atoms in total. The zero-order valence-corrected chi connectivity index (χ0v) is 12.8. The third-order valence-corrected chi connectivity index (χ3v) is 3.73. The summed E-state index contributed by atoms with van der Waals surface area (Å²) in [7, 11) is 0. The smallest absolute Gasteiger partial charge is 0.225 e. The maximum Gasteiger partial charge on any atom is 0.225 e. The van der Waals surface area contributed by atoms with E-state index in [2.05, 4.69) is 30.8 Å². The van der Waals surface area contributed by atoms with Crippen LogP contribution < -0.4 is 9.80 Å². The van der Waals surface area contributed by atoms with Crippen molar-refractivity contribution >= 4 is 11.8 Å². The highest BCUT2D eigenvalue weighted by Crippen LogP contribution is 2.17. The Kier molecular flexibility index (Phi) is 3.88. The highest BCUT2D eigenvalue weighted by atomic mass is 15.3. The summed E-state index contributed by atoms with van der Waals surface area (Å²) in [6.45, 7) is 7.46. The van der Waals surface area contributed by atoms with E-state index in [0.29, 0.717) is 5.56 Å². The van der Waals surface area contributed by atoms with Gasteiger partial charge in [-0.05, 0) is 32.0 Å². The molecule has 3 heterocycles. The largest absolute Gasteiger partial charge is 0.353 e. The first-order valence-corrected chi connectivity index (χ1v) is 7.34. The fraction of sp³-hybridized carbons (Fsp3) is 0.375. The molecule has 6 heteroatoms. The van der Waals surface area contributed by atoms with Crippen LogP contribution in [0.5, 0.6) is 0 Å². The van der Waals surface area contributed by atoms with Crippen LogP contribution in [0.2, 0.25) is 0 Å². The number of nitrogens with zero attached hydrogens (tertiary/aromatic N) is 6. The van der Waals surface area contributed by atoms with Crippen molar-refractivity contribution in [1.29, 1.82) is 5.26 Å². The summed E-state index contributed by atoms with van der Waals surface area (Å²) in [6.07, 6.45) is 1.62. The van der Waals surface area contributed by atoms with Crippen LogP contribution in [-0.2, 0) is 0 Å². The molecule has 0 bridgehead atoms. The Hall–Kier alpha value is -2.68. The van der Waals surface area contributed by atoms with Crippen LogP contribution in [0.3, 0.4) is 0 Å². The average molecular weight is 294 g/mol. The minimum Gasteiger partial charge on any atom is -0.353 e. The molecule has 2 aromatic heterocycles. The van der Waals surface area contributed by atoms with Gasteiger partial charge in [0, 0.05) is 43.8 Å². The topological polar surface area (TPSA) is 68.9 Å². The van der Waals surface area contributed by atoms with Gasteiger partial charge in [0.25, 0.3) is 0 Å². The summed E-state index contributed by atoms with van der Waals surface area (Å²) in [5.41, 5.74) is 2.59. The fourth-order valence-corrected chi connectivity index (χ4v) is 2.62. The number of hydrogen-bond acceptors (Lipinski definition) is 6. The highest BCUT2D eigenvalue weighted by molar-refractivity contribution is 5.44. The Bertz CT molecular complexity index is 675. The van der Waals surface area contributed by atoms with Gasteiger partial charge < -0.3 is 9.80 Å². The molecule has 0 saturated carbocycles. The minimum atomic E-state index is 0.589. The molecular formula is C16H18N6. The quantitative estimate of drug-likeness (QED) is 0.839. The van der Waals surface area contributed by atoms with Crippen molar-refractivity contribution in [1.82, 2.24) is 15.0 Å². The highest BCUT2D eigenvalue weighted by Gasteiger charge is 2.20. The third kappa shape index (κ3) is 2.98. The minimum absolute atomic E-state index is 0.589. The lowest BCUT2D eigenvalue weighted by atomic mass is 10.2. The number of aryl methyl sites for hydroxylation is 2. The standard InChI is InChI=1S/C16H18N6/c1-12-9-13(2)20-16(19-12)22-7-5-21(6-8-22)15-4-3-14(10-17)11-18-15/h3-4,9,11H,5-8H2,1-2H3. The lowest BCUT2D eigenvalue weighted by Crippen LogP contribution is -2.47. The first-order valence-electron chi connectivity index (χ1n) is 7.34. The lowest BCUT2D eigenvalue weighted by molar-refractivity contribution is 0.633. The number of aromatic nitrogens is 3. The van der Waals surface area contributed by atoms with Crippen LogP contribution in [0.1, 0.15) is 17.0 Å². The van der Waals surface area contributed by atoms with Crippen molar-refractivity contribution < 1.29 is 0 Å². The van der Waals surface area contributed by atoms with Crippen molar-refractivity contribution in [2.45, 2.75) is 13.8 Å². The summed E-state index contributed by atoms with van der Waals surface area (Å²) in [5.74, 6) is 1.73. The number of piperazine rings is 1. The van der Waals surface area contributed by atoms with E-state index in [-0.39, 0.29) is 0 Å². The summed E-state index contributed by atoms with van der Waals surface area (Å²) in [5, 5.41) is 8.82. The van der Waals surface area contributed by atoms with E-state index in [4.69, 9.17) is 5.26 Å². The molecule has 112 valence electrons. The molecule has 1 fully saturated rings. The van der Waals surface area contributed by atoms with Crippen molar-refractivity contribution in [2.24, 2.45) is 0 Å². The van der Waals surface area contributed by atoms with Crippen molar-refractivity contribution in [3.63, 3.8) is 0 Å². The monoisotopic (exact) mass is 294 g/mol. The first-order chi connectivity index (χ1) is 10.7. The summed E-state index contributed by atoms with van der Waals surface area (Å²) < 4.78 is 0. The molecule has 1 aliphatic rings. The molecule has 0 aliphatic carbocycles. The number of pyridine rings is 1. The number of nitriles is 1.